The molecule has 0 atom stereocenters. The van der Waals surface area contributed by atoms with Crippen molar-refractivity contribution in [1.82, 2.24) is 5.32 Å². The van der Waals surface area contributed by atoms with Gasteiger partial charge in [-0.25, -0.2) is 8.78 Å². The molecule has 1 aromatic carbocycles. The fourth-order valence-electron chi connectivity index (χ4n) is 2.62. The highest BCUT2D eigenvalue weighted by Crippen LogP contribution is 2.62. The van der Waals surface area contributed by atoms with Crippen LogP contribution in [-0.4, -0.2) is 60.6 Å². The number of halogens is 16. The summed E-state index contributed by atoms with van der Waals surface area (Å²) in [6.45, 7) is -1.57. The summed E-state index contributed by atoms with van der Waals surface area (Å²) < 4.78 is 223. The molecule has 0 aliphatic carbocycles. The van der Waals surface area contributed by atoms with Gasteiger partial charge in [-0.15, -0.1) is 0 Å². The summed E-state index contributed by atoms with van der Waals surface area (Å²) in [7, 11) is 0. The number of nitrogens with one attached hydrogen (secondary N) is 1. The van der Waals surface area contributed by atoms with Crippen LogP contribution in [-0.2, 0) is 11.3 Å². The molecule has 0 aromatic heterocycles. The minimum Gasteiger partial charge on any atom is -0.454 e. The molecule has 0 unspecified atom stereocenters. The maximum atomic E-state index is 13.9. The molecule has 0 spiro atoms. The number of fused-ring (bicyclic) bond motifs is 1. The van der Waals surface area contributed by atoms with Gasteiger partial charge in [0.05, 0.1) is 0 Å². The number of hydrogen-bond acceptors (Lipinski definition) is 3. The first-order valence-electron chi connectivity index (χ1n) is 9.01. The van der Waals surface area contributed by atoms with Gasteiger partial charge in [-0.3, -0.25) is 4.79 Å². The number of hydrogen-bond donors (Lipinski definition) is 1. The zero-order chi connectivity index (χ0) is 29.0. The number of amides is 1. The molecular formula is C17H9F16NO3. The molecule has 4 nitrogen and oxygen atoms in total. The first-order chi connectivity index (χ1) is 16.4. The van der Waals surface area contributed by atoms with Crippen LogP contribution in [0.4, 0.5) is 70.2 Å². The number of carbonyl (C=O) groups excluding carboxylic acids is 1. The molecule has 1 amide bonds. The van der Waals surface area contributed by atoms with Crippen LogP contribution in [0, 0.1) is 0 Å². The molecule has 0 saturated carbocycles. The Morgan fingerprint density at radius 2 is 1.19 bits per heavy atom. The van der Waals surface area contributed by atoms with Gasteiger partial charge in [0.1, 0.15) is 0 Å². The Balaban J connectivity index is 2.38. The van der Waals surface area contributed by atoms with Crippen LogP contribution in [0.1, 0.15) is 5.56 Å². The van der Waals surface area contributed by atoms with Gasteiger partial charge in [-0.1, -0.05) is 6.07 Å². The first-order valence-corrected chi connectivity index (χ1v) is 9.01. The summed E-state index contributed by atoms with van der Waals surface area (Å²) in [6, 6.07) is 2.99. The molecule has 0 fully saturated rings. The molecular weight excluding hydrogens is 570 g/mol. The van der Waals surface area contributed by atoms with E-state index in [1.807, 2.05) is 0 Å². The molecule has 0 bridgehead atoms. The fourth-order valence-corrected chi connectivity index (χ4v) is 2.62. The molecule has 1 aliphatic heterocycles. The van der Waals surface area contributed by atoms with E-state index in [0.29, 0.717) is 0 Å². The molecule has 1 heterocycles. The third-order valence-electron chi connectivity index (χ3n) is 4.84. The van der Waals surface area contributed by atoms with E-state index in [1.54, 1.807) is 0 Å². The molecule has 37 heavy (non-hydrogen) atoms. The number of rotatable bonds is 10. The number of alkyl halides is 16. The van der Waals surface area contributed by atoms with Crippen LogP contribution in [0.15, 0.2) is 18.2 Å². The molecule has 1 aromatic rings. The van der Waals surface area contributed by atoms with Crippen molar-refractivity contribution in [3.8, 4) is 11.5 Å². The van der Waals surface area contributed by atoms with E-state index in [4.69, 9.17) is 9.47 Å². The number of carbonyl (C=O) groups is 1. The molecule has 212 valence electrons. The fraction of sp³-hybridized carbons (Fsp3) is 0.588. The first kappa shape index (κ1) is 30.4. The van der Waals surface area contributed by atoms with E-state index < -0.39 is 60.3 Å². The minimum absolute atomic E-state index is 0.0731. The van der Waals surface area contributed by atoms with E-state index in [0.717, 1.165) is 23.5 Å². The summed E-state index contributed by atoms with van der Waals surface area (Å²) in [5, 5.41) is 0.870. The third kappa shape index (κ3) is 4.24. The predicted molar refractivity (Wildman–Crippen MR) is 85.0 cm³/mol. The van der Waals surface area contributed by atoms with Crippen LogP contribution < -0.4 is 14.8 Å². The molecule has 20 heteroatoms. The average Bonchev–Trinajstić information content (AvgIpc) is 3.24. The Kier molecular flexibility index (Phi) is 7.30. The number of ether oxygens (including phenoxy) is 2. The Morgan fingerprint density at radius 3 is 1.70 bits per heavy atom. The van der Waals surface area contributed by atoms with Crippen molar-refractivity contribution in [3.05, 3.63) is 23.8 Å². The Morgan fingerprint density at radius 1 is 0.730 bits per heavy atom. The lowest BCUT2D eigenvalue weighted by Gasteiger charge is -2.42. The SMILES string of the molecule is O=C(NCc1ccc2c(c1)OCO2)C(F)(F)C(F)(F)C(F)(F)C(F)(F)C(F)(F)C(F)(F)C(F)(F)C(F)F. The van der Waals surface area contributed by atoms with E-state index in [2.05, 4.69) is 0 Å². The van der Waals surface area contributed by atoms with E-state index in [-0.39, 0.29) is 23.9 Å². The smallest absolute Gasteiger partial charge is 0.392 e. The highest BCUT2D eigenvalue weighted by atomic mass is 19.4. The highest BCUT2D eigenvalue weighted by Gasteiger charge is 2.94. The average molecular weight is 579 g/mol. The molecule has 0 saturated heterocycles. The monoisotopic (exact) mass is 579 g/mol. The minimum atomic E-state index is -8.56. The van der Waals surface area contributed by atoms with Crippen LogP contribution in [0.5, 0.6) is 11.5 Å². The summed E-state index contributed by atoms with van der Waals surface area (Å²) >= 11 is 0. The zero-order valence-electron chi connectivity index (χ0n) is 17.0. The van der Waals surface area contributed by atoms with Crippen LogP contribution in [0.3, 0.4) is 0 Å². The van der Waals surface area contributed by atoms with Gasteiger partial charge in [-0.05, 0) is 17.7 Å². The quantitative estimate of drug-likeness (QED) is 0.360. The van der Waals surface area contributed by atoms with Crippen molar-refractivity contribution in [1.29, 1.82) is 0 Å². The van der Waals surface area contributed by atoms with Crippen molar-refractivity contribution in [2.24, 2.45) is 0 Å². The number of benzene rings is 1. The van der Waals surface area contributed by atoms with Crippen LogP contribution in [0.25, 0.3) is 0 Å². The highest BCUT2D eigenvalue weighted by molar-refractivity contribution is 5.84. The molecule has 2 rings (SSSR count). The standard InChI is InChI=1S/C17H9F16NO3/c18-9(19)11(20,21)13(24,25)15(28,29)17(32,33)16(30,31)14(26,27)12(22,23)10(35)34-4-6-1-2-7-8(3-6)37-5-36-7/h1-3,9H,4-5H2,(H,34,35). The van der Waals surface area contributed by atoms with Gasteiger partial charge >= 0.3 is 47.9 Å². The lowest BCUT2D eigenvalue weighted by molar-refractivity contribution is -0.443. The normalized spacial score (nSPS) is 15.8. The topological polar surface area (TPSA) is 47.6 Å². The van der Waals surface area contributed by atoms with Crippen molar-refractivity contribution in [2.75, 3.05) is 6.79 Å². The third-order valence-corrected chi connectivity index (χ3v) is 4.84. The lowest BCUT2D eigenvalue weighted by atomic mass is 9.89. The van der Waals surface area contributed by atoms with Crippen molar-refractivity contribution in [2.45, 2.75) is 54.4 Å². The summed E-state index contributed by atoms with van der Waals surface area (Å²) in [4.78, 5) is 11.5. The summed E-state index contributed by atoms with van der Waals surface area (Å²) in [5.74, 6) is -59.8. The van der Waals surface area contributed by atoms with Crippen molar-refractivity contribution >= 4 is 5.91 Å². The second-order valence-corrected chi connectivity index (χ2v) is 7.24. The van der Waals surface area contributed by atoms with Crippen LogP contribution in [0.2, 0.25) is 0 Å². The van der Waals surface area contributed by atoms with Crippen molar-refractivity contribution < 1.29 is 84.5 Å². The predicted octanol–water partition coefficient (Wildman–Crippen LogP) is 5.74. The molecule has 1 N–H and O–H groups in total. The lowest BCUT2D eigenvalue weighted by Crippen LogP contribution is -2.74. The Hall–Kier alpha value is -2.83. The summed E-state index contributed by atoms with van der Waals surface area (Å²) in [6.07, 6.45) is -5.93. The Bertz CT molecular complexity index is 1030. The van der Waals surface area contributed by atoms with Crippen LogP contribution >= 0.6 is 0 Å². The maximum absolute atomic E-state index is 13.9. The van der Waals surface area contributed by atoms with Gasteiger partial charge < -0.3 is 14.8 Å². The van der Waals surface area contributed by atoms with Gasteiger partial charge in [-0.2, -0.15) is 61.5 Å². The Labute approximate surface area is 193 Å². The van der Waals surface area contributed by atoms with E-state index in [1.165, 1.54) is 0 Å². The second kappa shape index (κ2) is 8.88. The molecule has 1 aliphatic rings. The van der Waals surface area contributed by atoms with Gasteiger partial charge in [0.2, 0.25) is 6.79 Å². The molecule has 0 radical (unpaired) electrons. The van der Waals surface area contributed by atoms with Gasteiger partial charge in [0.25, 0.3) is 5.91 Å². The summed E-state index contributed by atoms with van der Waals surface area (Å²) in [5.41, 5.74) is -0.283. The van der Waals surface area contributed by atoms with Gasteiger partial charge in [0, 0.05) is 6.54 Å². The maximum Gasteiger partial charge on any atom is 0.392 e. The van der Waals surface area contributed by atoms with Gasteiger partial charge in [0.15, 0.2) is 11.5 Å². The van der Waals surface area contributed by atoms with Crippen molar-refractivity contribution in [3.63, 3.8) is 0 Å². The van der Waals surface area contributed by atoms with E-state index >= 15 is 0 Å². The van der Waals surface area contributed by atoms with E-state index in [9.17, 15) is 75.0 Å². The second-order valence-electron chi connectivity index (χ2n) is 7.24. The largest absolute Gasteiger partial charge is 0.454 e. The zero-order valence-corrected chi connectivity index (χ0v) is 17.0.